The summed E-state index contributed by atoms with van der Waals surface area (Å²) in [5.74, 6) is 0.215. The molecule has 0 saturated heterocycles. The summed E-state index contributed by atoms with van der Waals surface area (Å²) in [6.07, 6.45) is 7.66. The van der Waals surface area contributed by atoms with E-state index < -0.39 is 0 Å². The Morgan fingerprint density at radius 3 is 2.53 bits per heavy atom. The molecule has 1 unspecified atom stereocenters. The first kappa shape index (κ1) is 20.0. The summed E-state index contributed by atoms with van der Waals surface area (Å²) in [7, 11) is 0. The van der Waals surface area contributed by atoms with E-state index in [1.807, 2.05) is 23.4 Å². The van der Waals surface area contributed by atoms with Crippen molar-refractivity contribution in [1.82, 2.24) is 24.6 Å². The number of rotatable bonds is 8. The van der Waals surface area contributed by atoms with E-state index in [0.717, 1.165) is 35.6 Å². The zero-order valence-corrected chi connectivity index (χ0v) is 17.3. The number of benzene rings is 2. The normalized spacial score (nSPS) is 12.2. The van der Waals surface area contributed by atoms with Gasteiger partial charge in [-0.25, -0.2) is 14.1 Å². The van der Waals surface area contributed by atoms with Gasteiger partial charge in [0.25, 0.3) is 0 Å². The molecular formula is C24H26FN5. The van der Waals surface area contributed by atoms with Gasteiger partial charge in [-0.2, -0.15) is 5.10 Å². The molecule has 1 N–H and O–H groups in total. The molecule has 2 aromatic carbocycles. The van der Waals surface area contributed by atoms with Gasteiger partial charge in [-0.05, 0) is 43.7 Å². The Morgan fingerprint density at radius 2 is 1.83 bits per heavy atom. The van der Waals surface area contributed by atoms with Crippen LogP contribution in [0.5, 0.6) is 0 Å². The molecule has 0 fully saturated rings. The summed E-state index contributed by atoms with van der Waals surface area (Å²) < 4.78 is 17.2. The lowest BCUT2D eigenvalue weighted by Gasteiger charge is -2.13. The van der Waals surface area contributed by atoms with Gasteiger partial charge < -0.3 is 9.88 Å². The van der Waals surface area contributed by atoms with Gasteiger partial charge >= 0.3 is 0 Å². The summed E-state index contributed by atoms with van der Waals surface area (Å²) in [6.45, 7) is 6.80. The molecule has 4 rings (SSSR count). The lowest BCUT2D eigenvalue weighted by Crippen LogP contribution is -2.23. The van der Waals surface area contributed by atoms with Crippen LogP contribution in [0.15, 0.2) is 73.4 Å². The SMILES string of the molecule is Cc1ccc(-c2nn(-c3ccc(F)cc3)cc2CNCC(C)Cn2ccnc2)cc1. The first-order chi connectivity index (χ1) is 14.6. The Balaban J connectivity index is 1.52. The van der Waals surface area contributed by atoms with E-state index in [-0.39, 0.29) is 5.82 Å². The number of nitrogens with zero attached hydrogens (tertiary/aromatic N) is 4. The number of imidazole rings is 1. The van der Waals surface area contributed by atoms with Gasteiger partial charge in [0, 0.05) is 42.8 Å². The average molecular weight is 404 g/mol. The van der Waals surface area contributed by atoms with Crippen molar-refractivity contribution in [3.05, 3.63) is 90.4 Å². The molecule has 0 radical (unpaired) electrons. The topological polar surface area (TPSA) is 47.7 Å². The Morgan fingerprint density at radius 1 is 1.07 bits per heavy atom. The van der Waals surface area contributed by atoms with Crippen LogP contribution >= 0.6 is 0 Å². The largest absolute Gasteiger partial charge is 0.337 e. The zero-order valence-electron chi connectivity index (χ0n) is 17.3. The molecule has 154 valence electrons. The molecule has 5 nitrogen and oxygen atoms in total. The van der Waals surface area contributed by atoms with Crippen LogP contribution in [0.25, 0.3) is 16.9 Å². The van der Waals surface area contributed by atoms with E-state index in [2.05, 4.69) is 53.0 Å². The number of aryl methyl sites for hydroxylation is 1. The van der Waals surface area contributed by atoms with Crippen molar-refractivity contribution in [2.45, 2.75) is 26.9 Å². The van der Waals surface area contributed by atoms with Gasteiger partial charge in [0.15, 0.2) is 0 Å². The summed E-state index contributed by atoms with van der Waals surface area (Å²) in [4.78, 5) is 4.10. The third-order valence-corrected chi connectivity index (χ3v) is 5.10. The van der Waals surface area contributed by atoms with Gasteiger partial charge in [0.1, 0.15) is 5.82 Å². The van der Waals surface area contributed by atoms with Crippen LogP contribution in [0.4, 0.5) is 4.39 Å². The fourth-order valence-electron chi connectivity index (χ4n) is 3.49. The molecule has 2 heterocycles. The van der Waals surface area contributed by atoms with Gasteiger partial charge in [-0.3, -0.25) is 0 Å². The van der Waals surface area contributed by atoms with Gasteiger partial charge in [0.05, 0.1) is 17.7 Å². The zero-order chi connectivity index (χ0) is 20.9. The Kier molecular flexibility index (Phi) is 6.05. The molecule has 6 heteroatoms. The fraction of sp³-hybridized carbons (Fsp3) is 0.250. The molecule has 4 aromatic rings. The van der Waals surface area contributed by atoms with E-state index in [0.29, 0.717) is 12.5 Å². The van der Waals surface area contributed by atoms with E-state index >= 15 is 0 Å². The van der Waals surface area contributed by atoms with Crippen molar-refractivity contribution in [1.29, 1.82) is 0 Å². The first-order valence-corrected chi connectivity index (χ1v) is 10.2. The van der Waals surface area contributed by atoms with Gasteiger partial charge in [-0.1, -0.05) is 36.8 Å². The molecule has 0 aliphatic heterocycles. The summed E-state index contributed by atoms with van der Waals surface area (Å²) >= 11 is 0. The first-order valence-electron chi connectivity index (χ1n) is 10.2. The van der Waals surface area contributed by atoms with Crippen molar-refractivity contribution >= 4 is 0 Å². The molecule has 0 aliphatic carbocycles. The highest BCUT2D eigenvalue weighted by molar-refractivity contribution is 5.63. The lowest BCUT2D eigenvalue weighted by molar-refractivity contribution is 0.445. The standard InChI is InChI=1S/C24H26FN5/c1-18-3-5-20(6-4-18)24-21(14-27-13-19(2)15-29-12-11-26-17-29)16-30(28-24)23-9-7-22(25)8-10-23/h3-12,16-17,19,27H,13-15H2,1-2H3. The van der Waals surface area contributed by atoms with Gasteiger partial charge in [0.2, 0.25) is 0 Å². The van der Waals surface area contributed by atoms with Crippen LogP contribution in [0, 0.1) is 18.7 Å². The predicted molar refractivity (Wildman–Crippen MR) is 117 cm³/mol. The minimum atomic E-state index is -0.251. The summed E-state index contributed by atoms with van der Waals surface area (Å²) in [5.41, 5.74) is 5.17. The molecule has 0 spiro atoms. The highest BCUT2D eigenvalue weighted by atomic mass is 19.1. The highest BCUT2D eigenvalue weighted by Crippen LogP contribution is 2.24. The predicted octanol–water partition coefficient (Wildman–Crippen LogP) is 4.61. The van der Waals surface area contributed by atoms with Gasteiger partial charge in [-0.15, -0.1) is 0 Å². The monoisotopic (exact) mass is 403 g/mol. The molecule has 1 atom stereocenters. The number of halogens is 1. The minimum Gasteiger partial charge on any atom is -0.337 e. The second kappa shape index (κ2) is 9.05. The molecule has 0 saturated carbocycles. The Bertz CT molecular complexity index is 1070. The maximum atomic E-state index is 13.3. The third-order valence-electron chi connectivity index (χ3n) is 5.10. The van der Waals surface area contributed by atoms with Crippen molar-refractivity contribution < 1.29 is 4.39 Å². The number of hydrogen-bond donors (Lipinski definition) is 1. The van der Waals surface area contributed by atoms with Crippen LogP contribution < -0.4 is 5.32 Å². The molecule has 0 amide bonds. The highest BCUT2D eigenvalue weighted by Gasteiger charge is 2.13. The third kappa shape index (κ3) is 4.83. The average Bonchev–Trinajstić information content (AvgIpc) is 3.39. The van der Waals surface area contributed by atoms with E-state index in [9.17, 15) is 4.39 Å². The molecule has 2 aromatic heterocycles. The fourth-order valence-corrected chi connectivity index (χ4v) is 3.49. The number of hydrogen-bond acceptors (Lipinski definition) is 3. The van der Waals surface area contributed by atoms with Crippen LogP contribution in [0.1, 0.15) is 18.1 Å². The quantitative estimate of drug-likeness (QED) is 0.467. The van der Waals surface area contributed by atoms with E-state index in [4.69, 9.17) is 5.10 Å². The minimum absolute atomic E-state index is 0.251. The van der Waals surface area contributed by atoms with Crippen molar-refractivity contribution in [2.75, 3.05) is 6.54 Å². The van der Waals surface area contributed by atoms with Crippen molar-refractivity contribution in [2.24, 2.45) is 5.92 Å². The molecule has 30 heavy (non-hydrogen) atoms. The van der Waals surface area contributed by atoms with Crippen LogP contribution in [0.3, 0.4) is 0 Å². The van der Waals surface area contributed by atoms with Crippen LogP contribution in [0.2, 0.25) is 0 Å². The van der Waals surface area contributed by atoms with Crippen molar-refractivity contribution in [3.8, 4) is 16.9 Å². The summed E-state index contributed by atoms with van der Waals surface area (Å²) in [5, 5.41) is 8.37. The second-order valence-electron chi connectivity index (χ2n) is 7.79. The van der Waals surface area contributed by atoms with E-state index in [1.54, 1.807) is 18.3 Å². The van der Waals surface area contributed by atoms with E-state index in [1.165, 1.54) is 17.7 Å². The van der Waals surface area contributed by atoms with Crippen LogP contribution in [-0.4, -0.2) is 25.9 Å². The molecule has 0 bridgehead atoms. The second-order valence-corrected chi connectivity index (χ2v) is 7.79. The van der Waals surface area contributed by atoms with Crippen LogP contribution in [-0.2, 0) is 13.1 Å². The molecular weight excluding hydrogens is 377 g/mol. The van der Waals surface area contributed by atoms with Crippen molar-refractivity contribution in [3.63, 3.8) is 0 Å². The molecule has 0 aliphatic rings. The number of nitrogens with one attached hydrogen (secondary N) is 1. The number of aromatic nitrogens is 4. The smallest absolute Gasteiger partial charge is 0.123 e. The maximum absolute atomic E-state index is 13.3. The summed E-state index contributed by atoms with van der Waals surface area (Å²) in [6, 6.07) is 14.8. The Labute approximate surface area is 176 Å². The lowest BCUT2D eigenvalue weighted by atomic mass is 10.1. The Hall–Kier alpha value is -3.25. The maximum Gasteiger partial charge on any atom is 0.123 e.